The molecule has 1 heterocycles. The van der Waals surface area contributed by atoms with Crippen LogP contribution in [0.2, 0.25) is 0 Å². The summed E-state index contributed by atoms with van der Waals surface area (Å²) in [6, 6.07) is 0.0912. The molecule has 1 saturated heterocycles. The van der Waals surface area contributed by atoms with E-state index in [0.29, 0.717) is 19.1 Å². The van der Waals surface area contributed by atoms with E-state index in [1.807, 2.05) is 4.90 Å². The van der Waals surface area contributed by atoms with Gasteiger partial charge in [0.1, 0.15) is 6.04 Å². The zero-order valence-electron chi connectivity index (χ0n) is 10.8. The van der Waals surface area contributed by atoms with Crippen LogP contribution in [0, 0.1) is 5.92 Å². The molecule has 4 nitrogen and oxygen atoms in total. The van der Waals surface area contributed by atoms with Crippen molar-refractivity contribution in [1.82, 2.24) is 10.2 Å². The second-order valence-electron chi connectivity index (χ2n) is 5.06. The van der Waals surface area contributed by atoms with Gasteiger partial charge in [-0.1, -0.05) is 13.8 Å². The summed E-state index contributed by atoms with van der Waals surface area (Å²) in [5.41, 5.74) is 0. The second kappa shape index (κ2) is 6.21. The summed E-state index contributed by atoms with van der Waals surface area (Å²) in [7, 11) is 0. The Morgan fingerprint density at radius 2 is 2.12 bits per heavy atom. The standard InChI is InChI=1S/C12H24N2O2/c1-9(2)7-14(10(3)4)12(15)11-8-16-6-5-13-11/h9-11,13H,5-8H2,1-4H3. The van der Waals surface area contributed by atoms with Gasteiger partial charge in [0.25, 0.3) is 0 Å². The minimum atomic E-state index is -0.158. The summed E-state index contributed by atoms with van der Waals surface area (Å²) in [5, 5.41) is 3.21. The van der Waals surface area contributed by atoms with E-state index >= 15 is 0 Å². The zero-order chi connectivity index (χ0) is 12.1. The van der Waals surface area contributed by atoms with E-state index in [-0.39, 0.29) is 18.0 Å². The van der Waals surface area contributed by atoms with Gasteiger partial charge in [0.2, 0.25) is 5.91 Å². The van der Waals surface area contributed by atoms with Gasteiger partial charge in [0, 0.05) is 19.1 Å². The van der Waals surface area contributed by atoms with Crippen molar-refractivity contribution in [3.8, 4) is 0 Å². The highest BCUT2D eigenvalue weighted by Gasteiger charge is 2.27. The SMILES string of the molecule is CC(C)CN(C(=O)C1COCCN1)C(C)C. The fraction of sp³-hybridized carbons (Fsp3) is 0.917. The maximum absolute atomic E-state index is 12.3. The van der Waals surface area contributed by atoms with Crippen molar-refractivity contribution >= 4 is 5.91 Å². The van der Waals surface area contributed by atoms with Crippen LogP contribution >= 0.6 is 0 Å². The minimum absolute atomic E-state index is 0.158. The van der Waals surface area contributed by atoms with Crippen LogP contribution in [0.5, 0.6) is 0 Å². The van der Waals surface area contributed by atoms with Crippen molar-refractivity contribution in [2.45, 2.75) is 39.8 Å². The molecule has 4 heteroatoms. The van der Waals surface area contributed by atoms with Crippen LogP contribution < -0.4 is 5.32 Å². The average Bonchev–Trinajstić information content (AvgIpc) is 2.25. The molecule has 0 aliphatic carbocycles. The van der Waals surface area contributed by atoms with Gasteiger partial charge >= 0.3 is 0 Å². The number of hydrogen-bond donors (Lipinski definition) is 1. The van der Waals surface area contributed by atoms with E-state index in [1.54, 1.807) is 0 Å². The molecule has 0 aromatic heterocycles. The molecule has 0 aromatic rings. The normalized spacial score (nSPS) is 21.5. The zero-order valence-corrected chi connectivity index (χ0v) is 10.8. The predicted octanol–water partition coefficient (Wildman–Crippen LogP) is 0.868. The summed E-state index contributed by atoms with van der Waals surface area (Å²) >= 11 is 0. The van der Waals surface area contributed by atoms with Crippen molar-refractivity contribution in [3.63, 3.8) is 0 Å². The number of nitrogens with zero attached hydrogens (tertiary/aromatic N) is 1. The first-order valence-corrected chi connectivity index (χ1v) is 6.14. The maximum Gasteiger partial charge on any atom is 0.242 e. The van der Waals surface area contributed by atoms with Gasteiger partial charge in [0.15, 0.2) is 0 Å². The van der Waals surface area contributed by atoms with Crippen LogP contribution in [0.4, 0.5) is 0 Å². The Kier molecular flexibility index (Phi) is 5.22. The maximum atomic E-state index is 12.3. The van der Waals surface area contributed by atoms with E-state index in [1.165, 1.54) is 0 Å². The third kappa shape index (κ3) is 3.76. The van der Waals surface area contributed by atoms with Crippen molar-refractivity contribution in [3.05, 3.63) is 0 Å². The van der Waals surface area contributed by atoms with Gasteiger partial charge in [0.05, 0.1) is 13.2 Å². The monoisotopic (exact) mass is 228 g/mol. The summed E-state index contributed by atoms with van der Waals surface area (Å²) in [5.74, 6) is 0.666. The molecule has 0 aromatic carbocycles. The number of carbonyl (C=O) groups excluding carboxylic acids is 1. The number of rotatable bonds is 4. The van der Waals surface area contributed by atoms with Crippen LogP contribution in [0.3, 0.4) is 0 Å². The number of amides is 1. The number of nitrogens with one attached hydrogen (secondary N) is 1. The summed E-state index contributed by atoms with van der Waals surface area (Å²) in [6.07, 6.45) is 0. The fourth-order valence-electron chi connectivity index (χ4n) is 1.87. The van der Waals surface area contributed by atoms with Gasteiger partial charge in [-0.25, -0.2) is 0 Å². The van der Waals surface area contributed by atoms with Crippen LogP contribution in [0.15, 0.2) is 0 Å². The molecule has 1 atom stereocenters. The molecular weight excluding hydrogens is 204 g/mol. The largest absolute Gasteiger partial charge is 0.378 e. The van der Waals surface area contributed by atoms with E-state index in [0.717, 1.165) is 13.1 Å². The number of hydrogen-bond acceptors (Lipinski definition) is 3. The molecule has 0 saturated carbocycles. The highest BCUT2D eigenvalue weighted by atomic mass is 16.5. The van der Waals surface area contributed by atoms with Gasteiger partial charge in [-0.3, -0.25) is 4.79 Å². The molecule has 1 rings (SSSR count). The molecule has 16 heavy (non-hydrogen) atoms. The third-order valence-corrected chi connectivity index (χ3v) is 2.69. The predicted molar refractivity (Wildman–Crippen MR) is 64.3 cm³/mol. The lowest BCUT2D eigenvalue weighted by molar-refractivity contribution is -0.138. The van der Waals surface area contributed by atoms with Crippen LogP contribution in [-0.4, -0.2) is 49.2 Å². The Balaban J connectivity index is 2.58. The van der Waals surface area contributed by atoms with Crippen molar-refractivity contribution in [2.75, 3.05) is 26.3 Å². The molecule has 1 aliphatic heterocycles. The summed E-state index contributed by atoms with van der Waals surface area (Å²) in [4.78, 5) is 14.2. The summed E-state index contributed by atoms with van der Waals surface area (Å²) < 4.78 is 5.33. The van der Waals surface area contributed by atoms with Gasteiger partial charge < -0.3 is 15.0 Å². The molecule has 0 radical (unpaired) electrons. The molecule has 0 spiro atoms. The molecule has 1 amide bonds. The summed E-state index contributed by atoms with van der Waals surface area (Å²) in [6.45, 7) is 11.2. The first-order chi connectivity index (χ1) is 7.52. The van der Waals surface area contributed by atoms with E-state index in [2.05, 4.69) is 33.0 Å². The number of morpholine rings is 1. The lowest BCUT2D eigenvalue weighted by atomic mass is 10.1. The molecule has 1 fully saturated rings. The Bertz CT molecular complexity index is 223. The first-order valence-electron chi connectivity index (χ1n) is 6.14. The highest BCUT2D eigenvalue weighted by molar-refractivity contribution is 5.82. The first kappa shape index (κ1) is 13.5. The average molecular weight is 228 g/mol. The Labute approximate surface area is 98.3 Å². The Morgan fingerprint density at radius 1 is 1.44 bits per heavy atom. The van der Waals surface area contributed by atoms with Crippen molar-refractivity contribution < 1.29 is 9.53 Å². The number of carbonyl (C=O) groups is 1. The van der Waals surface area contributed by atoms with Crippen molar-refractivity contribution in [2.24, 2.45) is 5.92 Å². The Hall–Kier alpha value is -0.610. The van der Waals surface area contributed by atoms with Gasteiger partial charge in [-0.15, -0.1) is 0 Å². The van der Waals surface area contributed by atoms with Crippen LogP contribution in [-0.2, 0) is 9.53 Å². The molecule has 1 unspecified atom stereocenters. The topological polar surface area (TPSA) is 41.6 Å². The molecule has 1 aliphatic rings. The highest BCUT2D eigenvalue weighted by Crippen LogP contribution is 2.08. The fourth-order valence-corrected chi connectivity index (χ4v) is 1.87. The van der Waals surface area contributed by atoms with Crippen LogP contribution in [0.25, 0.3) is 0 Å². The third-order valence-electron chi connectivity index (χ3n) is 2.69. The molecule has 0 bridgehead atoms. The van der Waals surface area contributed by atoms with Gasteiger partial charge in [-0.2, -0.15) is 0 Å². The van der Waals surface area contributed by atoms with E-state index < -0.39 is 0 Å². The lowest BCUT2D eigenvalue weighted by Gasteiger charge is -2.33. The molecule has 94 valence electrons. The second-order valence-corrected chi connectivity index (χ2v) is 5.06. The Morgan fingerprint density at radius 3 is 2.56 bits per heavy atom. The lowest BCUT2D eigenvalue weighted by Crippen LogP contribution is -2.54. The molecular formula is C12H24N2O2. The van der Waals surface area contributed by atoms with E-state index in [9.17, 15) is 4.79 Å². The smallest absolute Gasteiger partial charge is 0.242 e. The number of ether oxygens (including phenoxy) is 1. The van der Waals surface area contributed by atoms with Crippen LogP contribution in [0.1, 0.15) is 27.7 Å². The van der Waals surface area contributed by atoms with E-state index in [4.69, 9.17) is 4.74 Å². The quantitative estimate of drug-likeness (QED) is 0.776. The minimum Gasteiger partial charge on any atom is -0.378 e. The molecule has 1 N–H and O–H groups in total. The van der Waals surface area contributed by atoms with Crippen molar-refractivity contribution in [1.29, 1.82) is 0 Å². The van der Waals surface area contributed by atoms with Gasteiger partial charge in [-0.05, 0) is 19.8 Å².